The summed E-state index contributed by atoms with van der Waals surface area (Å²) in [7, 11) is 0. The molecule has 0 heterocycles. The van der Waals surface area contributed by atoms with Gasteiger partial charge in [0.15, 0.2) is 0 Å². The van der Waals surface area contributed by atoms with Crippen LogP contribution < -0.4 is 0 Å². The molecule has 0 nitrogen and oxygen atoms in total. The van der Waals surface area contributed by atoms with Crippen molar-refractivity contribution in [3.8, 4) is 0 Å². The summed E-state index contributed by atoms with van der Waals surface area (Å²) in [6, 6.07) is 0. The van der Waals surface area contributed by atoms with E-state index in [2.05, 4.69) is 46.8 Å². The molecule has 0 heteroatoms. The Balaban J connectivity index is 3.71. The summed E-state index contributed by atoms with van der Waals surface area (Å²) in [4.78, 5) is 0. The SMILES string of the molecule is C/C=C(\C)CC/C=C(\C)CC(C)C. The Morgan fingerprint density at radius 2 is 1.77 bits per heavy atom. The highest BCUT2D eigenvalue weighted by atomic mass is 14.0. The molecule has 0 aromatic rings. The van der Waals surface area contributed by atoms with Crippen LogP contribution in [0.2, 0.25) is 0 Å². The molecule has 0 rings (SSSR count). The van der Waals surface area contributed by atoms with E-state index in [1.807, 2.05) is 0 Å². The smallest absolute Gasteiger partial charge is 0.0288 e. The van der Waals surface area contributed by atoms with E-state index >= 15 is 0 Å². The number of rotatable bonds is 5. The molecule has 0 aromatic carbocycles. The molecule has 0 aliphatic rings. The van der Waals surface area contributed by atoms with Crippen LogP contribution in [-0.4, -0.2) is 0 Å². The Kier molecular flexibility index (Phi) is 6.66. The average Bonchev–Trinajstić information content (AvgIpc) is 2.02. The van der Waals surface area contributed by atoms with E-state index in [0.717, 1.165) is 5.92 Å². The molecule has 0 saturated heterocycles. The maximum Gasteiger partial charge on any atom is -0.0288 e. The van der Waals surface area contributed by atoms with E-state index < -0.39 is 0 Å². The second kappa shape index (κ2) is 6.94. The standard InChI is InChI=1S/C13H24/c1-6-12(4)8-7-9-13(5)10-11(2)3/h6,9,11H,7-8,10H2,1-5H3/b12-6+,13-9+. The Morgan fingerprint density at radius 3 is 2.23 bits per heavy atom. The minimum absolute atomic E-state index is 0.791. The van der Waals surface area contributed by atoms with Crippen molar-refractivity contribution < 1.29 is 0 Å². The fourth-order valence-corrected chi connectivity index (χ4v) is 1.42. The first-order valence-corrected chi connectivity index (χ1v) is 5.33. The van der Waals surface area contributed by atoms with Crippen LogP contribution in [0.5, 0.6) is 0 Å². The summed E-state index contributed by atoms with van der Waals surface area (Å²) in [6.45, 7) is 11.1. The van der Waals surface area contributed by atoms with E-state index in [-0.39, 0.29) is 0 Å². The molecule has 0 atom stereocenters. The molecule has 0 aliphatic carbocycles. The monoisotopic (exact) mass is 180 g/mol. The van der Waals surface area contributed by atoms with Crippen molar-refractivity contribution in [1.82, 2.24) is 0 Å². The second-order valence-corrected chi connectivity index (χ2v) is 4.32. The fourth-order valence-electron chi connectivity index (χ4n) is 1.42. The van der Waals surface area contributed by atoms with Crippen LogP contribution in [0.1, 0.15) is 53.9 Å². The Morgan fingerprint density at radius 1 is 1.15 bits per heavy atom. The lowest BCUT2D eigenvalue weighted by atomic mass is 10.0. The van der Waals surface area contributed by atoms with Crippen molar-refractivity contribution in [3.63, 3.8) is 0 Å². The first kappa shape index (κ1) is 12.5. The van der Waals surface area contributed by atoms with E-state index in [1.165, 1.54) is 24.8 Å². The third-order valence-electron chi connectivity index (χ3n) is 2.25. The average molecular weight is 180 g/mol. The first-order valence-electron chi connectivity index (χ1n) is 5.33. The van der Waals surface area contributed by atoms with Crippen LogP contribution in [0.4, 0.5) is 0 Å². The fraction of sp³-hybridized carbons (Fsp3) is 0.692. The number of allylic oxidation sites excluding steroid dienone is 4. The molecule has 0 unspecified atom stereocenters. The van der Waals surface area contributed by atoms with Crippen molar-refractivity contribution in [2.75, 3.05) is 0 Å². The largest absolute Gasteiger partial charge is 0.0887 e. The molecule has 76 valence electrons. The van der Waals surface area contributed by atoms with Gasteiger partial charge >= 0.3 is 0 Å². The Labute approximate surface area is 83.7 Å². The van der Waals surface area contributed by atoms with Gasteiger partial charge in [0.1, 0.15) is 0 Å². The van der Waals surface area contributed by atoms with Crippen molar-refractivity contribution >= 4 is 0 Å². The zero-order chi connectivity index (χ0) is 10.3. The predicted octanol–water partition coefficient (Wildman–Crippen LogP) is 4.73. The molecule has 0 N–H and O–H groups in total. The van der Waals surface area contributed by atoms with Crippen molar-refractivity contribution in [3.05, 3.63) is 23.3 Å². The summed E-state index contributed by atoms with van der Waals surface area (Å²) >= 11 is 0. The normalized spacial score (nSPS) is 14.0. The van der Waals surface area contributed by atoms with E-state index in [0.29, 0.717) is 0 Å². The van der Waals surface area contributed by atoms with Crippen LogP contribution in [0.15, 0.2) is 23.3 Å². The van der Waals surface area contributed by atoms with Gasteiger partial charge in [0.05, 0.1) is 0 Å². The zero-order valence-electron chi connectivity index (χ0n) is 9.85. The van der Waals surface area contributed by atoms with Crippen LogP contribution in [0, 0.1) is 5.92 Å². The topological polar surface area (TPSA) is 0 Å². The molecule has 0 aromatic heterocycles. The molecular weight excluding hydrogens is 156 g/mol. The number of hydrogen-bond acceptors (Lipinski definition) is 0. The van der Waals surface area contributed by atoms with Gasteiger partial charge < -0.3 is 0 Å². The third kappa shape index (κ3) is 7.83. The van der Waals surface area contributed by atoms with Crippen LogP contribution in [-0.2, 0) is 0 Å². The van der Waals surface area contributed by atoms with Gasteiger partial charge in [0, 0.05) is 0 Å². The minimum atomic E-state index is 0.791. The van der Waals surface area contributed by atoms with Crippen LogP contribution in [0.25, 0.3) is 0 Å². The lowest BCUT2D eigenvalue weighted by Gasteiger charge is -2.04. The maximum absolute atomic E-state index is 2.38. The highest BCUT2D eigenvalue weighted by Crippen LogP contribution is 2.12. The highest BCUT2D eigenvalue weighted by molar-refractivity contribution is 5.02. The van der Waals surface area contributed by atoms with Crippen molar-refractivity contribution in [2.45, 2.75) is 53.9 Å². The zero-order valence-corrected chi connectivity index (χ0v) is 9.85. The molecule has 0 radical (unpaired) electrons. The molecular formula is C13H24. The van der Waals surface area contributed by atoms with Gasteiger partial charge in [0.2, 0.25) is 0 Å². The van der Waals surface area contributed by atoms with Crippen molar-refractivity contribution in [2.24, 2.45) is 5.92 Å². The summed E-state index contributed by atoms with van der Waals surface area (Å²) in [5.74, 6) is 0.791. The minimum Gasteiger partial charge on any atom is -0.0887 e. The summed E-state index contributed by atoms with van der Waals surface area (Å²) in [5.41, 5.74) is 3.03. The highest BCUT2D eigenvalue weighted by Gasteiger charge is 1.95. The van der Waals surface area contributed by atoms with E-state index in [9.17, 15) is 0 Å². The third-order valence-corrected chi connectivity index (χ3v) is 2.25. The quantitative estimate of drug-likeness (QED) is 0.537. The molecule has 0 fully saturated rings. The molecule has 13 heavy (non-hydrogen) atoms. The Hall–Kier alpha value is -0.520. The lowest BCUT2D eigenvalue weighted by molar-refractivity contribution is 0.640. The Bertz CT molecular complexity index is 182. The predicted molar refractivity (Wildman–Crippen MR) is 61.9 cm³/mol. The summed E-state index contributed by atoms with van der Waals surface area (Å²) < 4.78 is 0. The van der Waals surface area contributed by atoms with Gasteiger partial charge in [-0.15, -0.1) is 0 Å². The number of hydrogen-bond donors (Lipinski definition) is 0. The summed E-state index contributed by atoms with van der Waals surface area (Å²) in [5, 5.41) is 0. The molecule has 0 aliphatic heterocycles. The molecule has 0 spiro atoms. The van der Waals surface area contributed by atoms with Crippen LogP contribution >= 0.6 is 0 Å². The molecule has 0 amide bonds. The lowest BCUT2D eigenvalue weighted by Crippen LogP contribution is -1.88. The molecule has 0 bridgehead atoms. The van der Waals surface area contributed by atoms with Gasteiger partial charge in [-0.2, -0.15) is 0 Å². The maximum atomic E-state index is 2.38. The van der Waals surface area contributed by atoms with Gasteiger partial charge in [-0.3, -0.25) is 0 Å². The van der Waals surface area contributed by atoms with Crippen molar-refractivity contribution in [1.29, 1.82) is 0 Å². The summed E-state index contributed by atoms with van der Waals surface area (Å²) in [6.07, 6.45) is 8.24. The van der Waals surface area contributed by atoms with E-state index in [4.69, 9.17) is 0 Å². The van der Waals surface area contributed by atoms with Gasteiger partial charge in [0.25, 0.3) is 0 Å². The second-order valence-electron chi connectivity index (χ2n) is 4.32. The molecule has 0 saturated carbocycles. The van der Waals surface area contributed by atoms with Crippen LogP contribution in [0.3, 0.4) is 0 Å². The van der Waals surface area contributed by atoms with Gasteiger partial charge in [-0.1, -0.05) is 37.1 Å². The van der Waals surface area contributed by atoms with E-state index in [1.54, 1.807) is 5.57 Å². The first-order chi connectivity index (χ1) is 6.06. The van der Waals surface area contributed by atoms with Gasteiger partial charge in [-0.25, -0.2) is 0 Å². The van der Waals surface area contributed by atoms with Gasteiger partial charge in [-0.05, 0) is 46.0 Å².